The van der Waals surface area contributed by atoms with Gasteiger partial charge >= 0.3 is 0 Å². The van der Waals surface area contributed by atoms with Crippen LogP contribution in [0.25, 0.3) is 22.0 Å². The van der Waals surface area contributed by atoms with Gasteiger partial charge in [-0.15, -0.1) is 0 Å². The van der Waals surface area contributed by atoms with Crippen molar-refractivity contribution in [2.75, 3.05) is 11.5 Å². The zero-order valence-electron chi connectivity index (χ0n) is 14.3. The standard InChI is InChI=1S/C20H22N2O3S/c21-20(23)17-10-15(13-5-2-1-3-6-13)9-16-18(11-22-19(16)17)14-7-4-8-26(24,25)12-14/h1-3,5-6,9-11,14,22,24-25H,4,7-8,12H2,(H2,21,23). The fourth-order valence-corrected chi connectivity index (χ4v) is 5.66. The summed E-state index contributed by atoms with van der Waals surface area (Å²) in [5.41, 5.74) is 9.76. The fourth-order valence-electron chi connectivity index (χ4n) is 3.88. The van der Waals surface area contributed by atoms with Gasteiger partial charge in [-0.25, -0.2) is 0 Å². The van der Waals surface area contributed by atoms with Crippen molar-refractivity contribution in [1.29, 1.82) is 0 Å². The highest BCUT2D eigenvalue weighted by atomic mass is 32.3. The second-order valence-corrected chi connectivity index (χ2v) is 9.28. The molecule has 2 heterocycles. The Morgan fingerprint density at radius 2 is 1.92 bits per heavy atom. The topological polar surface area (TPSA) is 99.3 Å². The summed E-state index contributed by atoms with van der Waals surface area (Å²) in [6.07, 6.45) is 3.59. The van der Waals surface area contributed by atoms with E-state index in [0.29, 0.717) is 22.6 Å². The van der Waals surface area contributed by atoms with Crippen molar-refractivity contribution in [1.82, 2.24) is 4.98 Å². The van der Waals surface area contributed by atoms with Crippen LogP contribution in [0.5, 0.6) is 0 Å². The number of hydrogen-bond acceptors (Lipinski definition) is 3. The van der Waals surface area contributed by atoms with Gasteiger partial charge in [0.25, 0.3) is 5.91 Å². The Kier molecular flexibility index (Phi) is 4.26. The molecule has 5 N–H and O–H groups in total. The van der Waals surface area contributed by atoms with Crippen LogP contribution in [0.4, 0.5) is 0 Å². The zero-order chi connectivity index (χ0) is 18.3. The summed E-state index contributed by atoms with van der Waals surface area (Å²) in [6.45, 7) is 0. The Morgan fingerprint density at radius 1 is 1.15 bits per heavy atom. The van der Waals surface area contributed by atoms with Crippen molar-refractivity contribution < 1.29 is 13.9 Å². The highest BCUT2D eigenvalue weighted by Crippen LogP contribution is 2.50. The van der Waals surface area contributed by atoms with E-state index in [2.05, 4.69) is 11.1 Å². The number of carbonyl (C=O) groups is 1. The van der Waals surface area contributed by atoms with E-state index in [9.17, 15) is 13.9 Å². The molecule has 1 unspecified atom stereocenters. The maximum Gasteiger partial charge on any atom is 0.250 e. The predicted octanol–water partition coefficient (Wildman–Crippen LogP) is 4.56. The molecule has 1 saturated heterocycles. The summed E-state index contributed by atoms with van der Waals surface area (Å²) in [5.74, 6) is 0.443. The van der Waals surface area contributed by atoms with Gasteiger partial charge in [0.15, 0.2) is 0 Å². The molecule has 6 heteroatoms. The van der Waals surface area contributed by atoms with Crippen molar-refractivity contribution >= 4 is 27.4 Å². The van der Waals surface area contributed by atoms with Crippen molar-refractivity contribution in [2.24, 2.45) is 5.73 Å². The number of benzene rings is 2. The van der Waals surface area contributed by atoms with Gasteiger partial charge in [0.1, 0.15) is 0 Å². The van der Waals surface area contributed by atoms with E-state index in [1.165, 1.54) is 0 Å². The van der Waals surface area contributed by atoms with Gasteiger partial charge < -0.3 is 10.7 Å². The second-order valence-electron chi connectivity index (χ2n) is 6.93. The monoisotopic (exact) mass is 370 g/mol. The Bertz CT molecular complexity index is 966. The first-order valence-corrected chi connectivity index (χ1v) is 10.6. The first kappa shape index (κ1) is 17.1. The number of primary amides is 1. The average Bonchev–Trinajstić information content (AvgIpc) is 3.04. The summed E-state index contributed by atoms with van der Waals surface area (Å²) < 4.78 is 20.3. The minimum atomic E-state index is -2.52. The van der Waals surface area contributed by atoms with Gasteiger partial charge in [0.2, 0.25) is 0 Å². The predicted molar refractivity (Wildman–Crippen MR) is 107 cm³/mol. The number of hydrogen-bond donors (Lipinski definition) is 4. The van der Waals surface area contributed by atoms with Gasteiger partial charge in [0.05, 0.1) is 11.1 Å². The molecule has 5 nitrogen and oxygen atoms in total. The molecule has 1 atom stereocenters. The maximum absolute atomic E-state index is 12.0. The van der Waals surface area contributed by atoms with Crippen molar-refractivity contribution in [2.45, 2.75) is 18.8 Å². The molecule has 3 aromatic rings. The Morgan fingerprint density at radius 3 is 2.62 bits per heavy atom. The van der Waals surface area contributed by atoms with E-state index < -0.39 is 16.5 Å². The lowest BCUT2D eigenvalue weighted by atomic mass is 9.92. The van der Waals surface area contributed by atoms with Crippen LogP contribution in [0.2, 0.25) is 0 Å². The molecule has 1 fully saturated rings. The van der Waals surface area contributed by atoms with E-state index in [-0.39, 0.29) is 5.92 Å². The smallest absolute Gasteiger partial charge is 0.250 e. The molecular weight excluding hydrogens is 348 g/mol. The summed E-state index contributed by atoms with van der Waals surface area (Å²) in [6, 6.07) is 13.7. The largest absolute Gasteiger partial charge is 0.366 e. The molecular formula is C20H22N2O3S. The number of aromatic nitrogens is 1. The zero-order valence-corrected chi connectivity index (χ0v) is 15.1. The highest BCUT2D eigenvalue weighted by Gasteiger charge is 2.28. The number of aromatic amines is 1. The summed E-state index contributed by atoms with van der Waals surface area (Å²) >= 11 is 0. The fraction of sp³-hybridized carbons (Fsp3) is 0.250. The van der Waals surface area contributed by atoms with Crippen molar-refractivity contribution in [3.8, 4) is 11.1 Å². The average molecular weight is 370 g/mol. The Balaban J connectivity index is 1.88. The number of nitrogens with two attached hydrogens (primary N) is 1. The third-order valence-electron chi connectivity index (χ3n) is 5.13. The first-order chi connectivity index (χ1) is 12.4. The van der Waals surface area contributed by atoms with Crippen LogP contribution in [0, 0.1) is 0 Å². The molecule has 0 aliphatic carbocycles. The number of nitrogens with one attached hydrogen (secondary N) is 1. The number of carbonyl (C=O) groups excluding carboxylic acids is 1. The van der Waals surface area contributed by atoms with Crippen LogP contribution >= 0.6 is 10.6 Å². The second kappa shape index (κ2) is 6.46. The minimum absolute atomic E-state index is 0.0641. The van der Waals surface area contributed by atoms with Crippen LogP contribution in [-0.4, -0.2) is 31.5 Å². The van der Waals surface area contributed by atoms with Crippen LogP contribution in [0.3, 0.4) is 0 Å². The Hall–Kier alpha value is -2.28. The molecule has 0 spiro atoms. The van der Waals surface area contributed by atoms with Crippen molar-refractivity contribution in [3.63, 3.8) is 0 Å². The summed E-state index contributed by atoms with van der Waals surface area (Å²) in [4.78, 5) is 15.2. The van der Waals surface area contributed by atoms with E-state index in [0.717, 1.165) is 34.9 Å². The quantitative estimate of drug-likeness (QED) is 0.544. The van der Waals surface area contributed by atoms with Crippen LogP contribution in [0.15, 0.2) is 48.7 Å². The van der Waals surface area contributed by atoms with Crippen LogP contribution < -0.4 is 5.73 Å². The molecule has 1 aromatic heterocycles. The van der Waals surface area contributed by atoms with E-state index >= 15 is 0 Å². The number of amides is 1. The van der Waals surface area contributed by atoms with E-state index in [1.54, 1.807) is 0 Å². The molecule has 26 heavy (non-hydrogen) atoms. The third-order valence-corrected chi connectivity index (χ3v) is 7.00. The first-order valence-electron chi connectivity index (χ1n) is 8.68. The van der Waals surface area contributed by atoms with Gasteiger partial charge in [0, 0.05) is 29.0 Å². The highest BCUT2D eigenvalue weighted by molar-refractivity contribution is 8.24. The number of rotatable bonds is 3. The summed E-state index contributed by atoms with van der Waals surface area (Å²) in [5, 5.41) is 0.933. The molecule has 1 aliphatic heterocycles. The molecule has 1 aliphatic rings. The summed E-state index contributed by atoms with van der Waals surface area (Å²) in [7, 11) is -2.52. The molecule has 0 saturated carbocycles. The van der Waals surface area contributed by atoms with Crippen LogP contribution in [0.1, 0.15) is 34.7 Å². The lowest BCUT2D eigenvalue weighted by Crippen LogP contribution is -2.20. The molecule has 136 valence electrons. The number of H-pyrrole nitrogens is 1. The van der Waals surface area contributed by atoms with Gasteiger partial charge in [-0.1, -0.05) is 30.3 Å². The van der Waals surface area contributed by atoms with Crippen molar-refractivity contribution in [3.05, 3.63) is 59.8 Å². The minimum Gasteiger partial charge on any atom is -0.366 e. The third kappa shape index (κ3) is 3.11. The lowest BCUT2D eigenvalue weighted by Gasteiger charge is -2.40. The normalized spacial score (nSPS) is 20.8. The maximum atomic E-state index is 12.0. The molecule has 1 amide bonds. The van der Waals surface area contributed by atoms with Gasteiger partial charge in [-0.3, -0.25) is 13.9 Å². The molecule has 2 aromatic carbocycles. The molecule has 4 rings (SSSR count). The number of fused-ring (bicyclic) bond motifs is 1. The Labute approximate surface area is 153 Å². The van der Waals surface area contributed by atoms with Gasteiger partial charge in [-0.2, -0.15) is 10.6 Å². The SMILES string of the molecule is NC(=O)c1cc(-c2ccccc2)cc2c(C3CCCS(O)(O)C3)c[nH]c12. The molecule has 0 bridgehead atoms. The molecule has 0 radical (unpaired) electrons. The van der Waals surface area contributed by atoms with E-state index in [1.807, 2.05) is 42.6 Å². The van der Waals surface area contributed by atoms with Gasteiger partial charge in [-0.05, 0) is 41.7 Å². The van der Waals surface area contributed by atoms with Crippen LogP contribution in [-0.2, 0) is 0 Å². The van der Waals surface area contributed by atoms with E-state index in [4.69, 9.17) is 5.73 Å². The lowest BCUT2D eigenvalue weighted by molar-refractivity contribution is 0.100.